The normalized spacial score (nSPS) is 16.0. The second-order valence-corrected chi connectivity index (χ2v) is 6.00. The number of hydrogen-bond acceptors (Lipinski definition) is 2. The first-order valence-corrected chi connectivity index (χ1v) is 7.68. The summed E-state index contributed by atoms with van der Waals surface area (Å²) in [6.45, 7) is 0. The summed E-state index contributed by atoms with van der Waals surface area (Å²) in [5.41, 5.74) is 0.876. The predicted molar refractivity (Wildman–Crippen MR) is 87.9 cm³/mol. The van der Waals surface area contributed by atoms with E-state index in [4.69, 9.17) is 21.4 Å². The van der Waals surface area contributed by atoms with Crippen LogP contribution in [0.25, 0.3) is 6.08 Å². The third-order valence-electron chi connectivity index (χ3n) is 3.80. The molecule has 2 aromatic rings. The third kappa shape index (κ3) is 4.43. The molecule has 3 nitrogen and oxygen atoms in total. The molecule has 0 fully saturated rings. The van der Waals surface area contributed by atoms with Gasteiger partial charge < -0.3 is 11.3 Å². The van der Waals surface area contributed by atoms with Crippen LogP contribution in [0.5, 0.6) is 5.75 Å². The molecule has 0 amide bonds. The van der Waals surface area contributed by atoms with Gasteiger partial charge in [-0.1, -0.05) is 41.9 Å². The fourth-order valence-electron chi connectivity index (χ4n) is 2.63. The zero-order chi connectivity index (χ0) is 18.2. The first-order chi connectivity index (χ1) is 11.8. The molecular weight excluding hydrogens is 380 g/mol. The van der Waals surface area contributed by atoms with Gasteiger partial charge in [0.05, 0.1) is 5.57 Å². The largest absolute Gasteiger partial charge is 1.00 e. The summed E-state index contributed by atoms with van der Waals surface area (Å²) in [4.78, 5) is 11.1. The van der Waals surface area contributed by atoms with Gasteiger partial charge in [-0.3, -0.25) is 0 Å². The Morgan fingerprint density at radius 3 is 2.46 bits per heavy atom. The molecular formula is C18H13ClF3NaO3. The SMILES string of the molecule is O=C(O)C1=Cc2cc(Cl)c(Cc3ccccc3)cc2O[C@@H]1C(F)(F)F.[H-].[Na+]. The first-order valence-electron chi connectivity index (χ1n) is 7.30. The molecule has 0 aliphatic carbocycles. The molecule has 8 heteroatoms. The van der Waals surface area contributed by atoms with E-state index in [0.29, 0.717) is 17.0 Å². The second-order valence-electron chi connectivity index (χ2n) is 5.59. The van der Waals surface area contributed by atoms with Crippen molar-refractivity contribution in [2.24, 2.45) is 0 Å². The molecule has 26 heavy (non-hydrogen) atoms. The molecule has 2 aromatic carbocycles. The molecule has 0 unspecified atom stereocenters. The molecule has 1 atom stereocenters. The Balaban J connectivity index is 0.00000182. The van der Waals surface area contributed by atoms with Gasteiger partial charge in [-0.2, -0.15) is 13.2 Å². The van der Waals surface area contributed by atoms with E-state index >= 15 is 0 Å². The van der Waals surface area contributed by atoms with Crippen LogP contribution in [0.3, 0.4) is 0 Å². The molecule has 0 saturated carbocycles. The van der Waals surface area contributed by atoms with Gasteiger partial charge >= 0.3 is 41.7 Å². The topological polar surface area (TPSA) is 46.5 Å². The number of alkyl halides is 3. The summed E-state index contributed by atoms with van der Waals surface area (Å²) in [5.74, 6) is -1.72. The average Bonchev–Trinajstić information content (AvgIpc) is 2.54. The van der Waals surface area contributed by atoms with Crippen molar-refractivity contribution in [2.45, 2.75) is 18.7 Å². The maximum atomic E-state index is 13.1. The molecule has 1 aliphatic rings. The van der Waals surface area contributed by atoms with E-state index in [0.717, 1.165) is 11.6 Å². The maximum absolute atomic E-state index is 13.1. The van der Waals surface area contributed by atoms with E-state index in [1.807, 2.05) is 30.3 Å². The van der Waals surface area contributed by atoms with Gasteiger partial charge in [-0.05, 0) is 35.8 Å². The van der Waals surface area contributed by atoms with Crippen LogP contribution in [-0.2, 0) is 11.2 Å². The number of carboxylic acids is 1. The van der Waals surface area contributed by atoms with E-state index in [1.54, 1.807) is 0 Å². The van der Waals surface area contributed by atoms with E-state index in [1.165, 1.54) is 12.1 Å². The van der Waals surface area contributed by atoms with Gasteiger partial charge in [0.25, 0.3) is 0 Å². The summed E-state index contributed by atoms with van der Waals surface area (Å²) >= 11 is 6.21. The number of rotatable bonds is 3. The van der Waals surface area contributed by atoms with Gasteiger partial charge in [-0.15, -0.1) is 0 Å². The van der Waals surface area contributed by atoms with Crippen molar-refractivity contribution in [3.05, 3.63) is 69.8 Å². The number of fused-ring (bicyclic) bond motifs is 1. The molecule has 0 spiro atoms. The Hall–Kier alpha value is -1.47. The Bertz CT molecular complexity index is 857. The number of ether oxygens (including phenoxy) is 1. The summed E-state index contributed by atoms with van der Waals surface area (Å²) in [6, 6.07) is 12.1. The van der Waals surface area contributed by atoms with Gasteiger partial charge in [0.1, 0.15) is 5.75 Å². The Morgan fingerprint density at radius 2 is 1.88 bits per heavy atom. The number of benzene rings is 2. The van der Waals surface area contributed by atoms with Crippen molar-refractivity contribution in [3.63, 3.8) is 0 Å². The fraction of sp³-hybridized carbons (Fsp3) is 0.167. The van der Waals surface area contributed by atoms with Crippen LogP contribution in [0, 0.1) is 0 Å². The molecule has 1 aliphatic heterocycles. The van der Waals surface area contributed by atoms with E-state index in [-0.39, 0.29) is 42.3 Å². The molecule has 0 bridgehead atoms. The fourth-order valence-corrected chi connectivity index (χ4v) is 2.87. The third-order valence-corrected chi connectivity index (χ3v) is 4.15. The minimum Gasteiger partial charge on any atom is -1.00 e. The summed E-state index contributed by atoms with van der Waals surface area (Å²) in [6.07, 6.45) is -5.97. The van der Waals surface area contributed by atoms with Gasteiger partial charge in [0.15, 0.2) is 0 Å². The van der Waals surface area contributed by atoms with Crippen molar-refractivity contribution in [3.8, 4) is 5.75 Å². The Labute approximate surface area is 176 Å². The van der Waals surface area contributed by atoms with Crippen LogP contribution in [0.2, 0.25) is 5.02 Å². The van der Waals surface area contributed by atoms with Crippen molar-refractivity contribution in [1.29, 1.82) is 0 Å². The van der Waals surface area contributed by atoms with Crippen molar-refractivity contribution >= 4 is 23.6 Å². The van der Waals surface area contributed by atoms with Crippen LogP contribution >= 0.6 is 11.6 Å². The minimum atomic E-state index is -4.83. The van der Waals surface area contributed by atoms with E-state index < -0.39 is 23.8 Å². The quantitative estimate of drug-likeness (QED) is 0.811. The second kappa shape index (κ2) is 8.05. The smallest absolute Gasteiger partial charge is 1.00 e. The van der Waals surface area contributed by atoms with E-state index in [2.05, 4.69) is 0 Å². The zero-order valence-corrected chi connectivity index (χ0v) is 16.4. The van der Waals surface area contributed by atoms with Crippen LogP contribution < -0.4 is 34.3 Å². The zero-order valence-electron chi connectivity index (χ0n) is 14.7. The molecule has 0 radical (unpaired) electrons. The maximum Gasteiger partial charge on any atom is 1.00 e. The number of carbonyl (C=O) groups is 1. The predicted octanol–water partition coefficient (Wildman–Crippen LogP) is 1.84. The monoisotopic (exact) mass is 392 g/mol. The van der Waals surface area contributed by atoms with Gasteiger partial charge in [0, 0.05) is 10.6 Å². The summed E-state index contributed by atoms with van der Waals surface area (Å²) < 4.78 is 44.3. The van der Waals surface area contributed by atoms with Crippen LogP contribution in [0.15, 0.2) is 48.0 Å². The standard InChI is InChI=1S/C18H12ClF3O3.Na.H/c19-14-8-12-7-13(17(23)24)16(18(20,21)22)25-15(12)9-11(14)6-10-4-2-1-3-5-10;;/h1-5,7-9,16H,6H2,(H,23,24);;/q;+1;-1/t16-;;/m0../s1. The van der Waals surface area contributed by atoms with Crippen molar-refractivity contribution in [1.82, 2.24) is 0 Å². The molecule has 1 heterocycles. The molecule has 0 aromatic heterocycles. The minimum absolute atomic E-state index is 0. The number of carboxylic acid groups (broad SMARTS) is 1. The summed E-state index contributed by atoms with van der Waals surface area (Å²) in [5, 5.41) is 9.37. The molecule has 132 valence electrons. The van der Waals surface area contributed by atoms with Crippen molar-refractivity contribution < 1.29 is 58.8 Å². The Kier molecular flexibility index (Phi) is 6.45. The average molecular weight is 393 g/mol. The van der Waals surface area contributed by atoms with Crippen LogP contribution in [0.4, 0.5) is 13.2 Å². The van der Waals surface area contributed by atoms with E-state index in [9.17, 15) is 18.0 Å². The molecule has 0 saturated heterocycles. The number of halogens is 4. The summed E-state index contributed by atoms with van der Waals surface area (Å²) in [7, 11) is 0. The van der Waals surface area contributed by atoms with Crippen LogP contribution in [0.1, 0.15) is 18.1 Å². The number of hydrogen-bond donors (Lipinski definition) is 1. The first kappa shape index (κ1) is 20.8. The van der Waals surface area contributed by atoms with Crippen molar-refractivity contribution in [2.75, 3.05) is 0 Å². The molecule has 1 N–H and O–H groups in total. The molecule has 3 rings (SSSR count). The van der Waals surface area contributed by atoms with Crippen LogP contribution in [-0.4, -0.2) is 23.4 Å². The Morgan fingerprint density at radius 1 is 1.23 bits per heavy atom. The van der Waals surface area contributed by atoms with Gasteiger partial charge in [0.2, 0.25) is 6.10 Å². The number of aliphatic carboxylic acids is 1. The van der Waals surface area contributed by atoms with Gasteiger partial charge in [-0.25, -0.2) is 4.79 Å².